The Morgan fingerprint density at radius 2 is 2.00 bits per heavy atom. The van der Waals surface area contributed by atoms with Crippen molar-refractivity contribution in [3.63, 3.8) is 0 Å². The minimum atomic E-state index is -3.08. The second kappa shape index (κ2) is 7.02. The molecule has 1 aromatic rings. The second-order valence-corrected chi connectivity index (χ2v) is 10.6. The van der Waals surface area contributed by atoms with E-state index in [-0.39, 0.29) is 35.3 Å². The van der Waals surface area contributed by atoms with Gasteiger partial charge in [0.15, 0.2) is 15.0 Å². The van der Waals surface area contributed by atoms with E-state index in [0.29, 0.717) is 5.17 Å². The summed E-state index contributed by atoms with van der Waals surface area (Å²) in [7, 11) is -1.63. The lowest BCUT2D eigenvalue weighted by Gasteiger charge is -2.28. The van der Waals surface area contributed by atoms with Crippen molar-refractivity contribution in [1.29, 1.82) is 0 Å². The first-order chi connectivity index (χ1) is 11.7. The van der Waals surface area contributed by atoms with E-state index in [1.54, 1.807) is 0 Å². The Hall–Kier alpha value is -0.900. The van der Waals surface area contributed by atoms with Crippen LogP contribution in [-0.4, -0.2) is 56.0 Å². The van der Waals surface area contributed by atoms with E-state index in [1.807, 2.05) is 30.9 Å². The number of thioether (sulfide) groups is 1. The summed E-state index contributed by atoms with van der Waals surface area (Å²) < 4.78 is 30.0. The largest absolute Gasteiger partial charge is 0.375 e. The Kier molecular flexibility index (Phi) is 5.30. The zero-order chi connectivity index (χ0) is 18.4. The zero-order valence-electron chi connectivity index (χ0n) is 14.2. The Balaban J connectivity index is 2.09. The van der Waals surface area contributed by atoms with Crippen LogP contribution >= 0.6 is 27.7 Å². The number of fused-ring (bicyclic) bond motifs is 1. The average Bonchev–Trinajstić information content (AvgIpc) is 2.91. The second-order valence-electron chi connectivity index (χ2n) is 6.28. The van der Waals surface area contributed by atoms with Gasteiger partial charge in [0.25, 0.3) is 5.91 Å². The molecule has 1 amide bonds. The fraction of sp³-hybridized carbons (Fsp3) is 0.500. The molecule has 1 aromatic carbocycles. The molecule has 0 N–H and O–H groups in total. The summed E-state index contributed by atoms with van der Waals surface area (Å²) in [6.07, 6.45) is 0. The minimum Gasteiger partial charge on any atom is -0.375 e. The van der Waals surface area contributed by atoms with E-state index in [1.165, 1.54) is 18.9 Å². The molecule has 2 aliphatic rings. The van der Waals surface area contributed by atoms with Gasteiger partial charge in [0.2, 0.25) is 0 Å². The van der Waals surface area contributed by atoms with Crippen molar-refractivity contribution < 1.29 is 17.9 Å². The summed E-state index contributed by atoms with van der Waals surface area (Å²) in [5.74, 6) is -0.174. The van der Waals surface area contributed by atoms with Gasteiger partial charge in [-0.15, -0.1) is 0 Å². The number of hydrogen-bond acceptors (Lipinski definition) is 5. The topological polar surface area (TPSA) is 76.0 Å². The Morgan fingerprint density at radius 3 is 2.60 bits per heavy atom. The van der Waals surface area contributed by atoms with Gasteiger partial charge in [-0.3, -0.25) is 4.79 Å². The monoisotopic (exact) mass is 446 g/mol. The van der Waals surface area contributed by atoms with Crippen molar-refractivity contribution in [3.05, 3.63) is 27.7 Å². The van der Waals surface area contributed by atoms with Crippen LogP contribution in [0.15, 0.2) is 21.6 Å². The molecule has 2 saturated heterocycles. The van der Waals surface area contributed by atoms with E-state index < -0.39 is 9.84 Å². The van der Waals surface area contributed by atoms with Gasteiger partial charge < -0.3 is 9.64 Å². The number of amides is 1. The van der Waals surface area contributed by atoms with Gasteiger partial charge in [-0.1, -0.05) is 27.7 Å². The first-order valence-electron chi connectivity index (χ1n) is 7.75. The third-order valence-corrected chi connectivity index (χ3v) is 7.92. The number of sulfone groups is 1. The zero-order valence-corrected chi connectivity index (χ0v) is 17.4. The number of aliphatic imine (C=N–C) groups is 1. The van der Waals surface area contributed by atoms with Crippen LogP contribution in [0.2, 0.25) is 0 Å². The molecular formula is C16H19BrN2O4S2. The fourth-order valence-electron chi connectivity index (χ4n) is 3.37. The molecule has 0 aliphatic carbocycles. The van der Waals surface area contributed by atoms with Crippen LogP contribution in [0.1, 0.15) is 11.1 Å². The minimum absolute atomic E-state index is 0.0805. The predicted octanol–water partition coefficient (Wildman–Crippen LogP) is 2.31. The Labute approximate surface area is 160 Å². The van der Waals surface area contributed by atoms with Gasteiger partial charge in [0.05, 0.1) is 17.5 Å². The number of carbonyl (C=O) groups excluding carboxylic acids is 1. The molecule has 2 aliphatic heterocycles. The van der Waals surface area contributed by atoms with Crippen molar-refractivity contribution in [1.82, 2.24) is 0 Å². The number of benzene rings is 1. The average molecular weight is 447 g/mol. The fourth-order valence-corrected chi connectivity index (χ4v) is 7.98. The molecule has 2 fully saturated rings. The van der Waals surface area contributed by atoms with Crippen molar-refractivity contribution in [3.8, 4) is 0 Å². The van der Waals surface area contributed by atoms with Crippen molar-refractivity contribution >= 4 is 54.3 Å². The summed E-state index contributed by atoms with van der Waals surface area (Å²) in [5.41, 5.74) is 2.93. The van der Waals surface area contributed by atoms with Crippen molar-refractivity contribution in [2.75, 3.05) is 30.1 Å². The maximum absolute atomic E-state index is 12.1. The number of amidine groups is 1. The van der Waals surface area contributed by atoms with Crippen LogP contribution in [0.4, 0.5) is 5.69 Å². The summed E-state index contributed by atoms with van der Waals surface area (Å²) in [6, 6.07) is 3.76. The molecule has 25 heavy (non-hydrogen) atoms. The van der Waals surface area contributed by atoms with E-state index in [9.17, 15) is 13.2 Å². The molecule has 6 nitrogen and oxygen atoms in total. The SMILES string of the molecule is COCC(=O)N=C1S[C@@H]2CS(=O)(=O)C[C@H]2N1c1c(C)cc(Br)cc1C. The van der Waals surface area contributed by atoms with E-state index >= 15 is 0 Å². The number of ether oxygens (including phenoxy) is 1. The quantitative estimate of drug-likeness (QED) is 0.708. The normalized spacial score (nSPS) is 26.2. The molecule has 9 heteroatoms. The first-order valence-corrected chi connectivity index (χ1v) is 11.2. The third kappa shape index (κ3) is 3.79. The van der Waals surface area contributed by atoms with Gasteiger partial charge in [0.1, 0.15) is 6.61 Å². The summed E-state index contributed by atoms with van der Waals surface area (Å²) in [5, 5.41) is 0.446. The van der Waals surface area contributed by atoms with Crippen LogP contribution in [0.3, 0.4) is 0 Å². The first kappa shape index (κ1) is 18.9. The molecule has 2 atom stereocenters. The van der Waals surface area contributed by atoms with Crippen LogP contribution < -0.4 is 4.90 Å². The number of halogens is 1. The maximum atomic E-state index is 12.1. The molecule has 0 saturated carbocycles. The number of carbonyl (C=O) groups is 1. The van der Waals surface area contributed by atoms with Crippen LogP contribution in [-0.2, 0) is 19.4 Å². The number of hydrogen-bond donors (Lipinski definition) is 0. The van der Waals surface area contributed by atoms with Gasteiger partial charge in [-0.25, -0.2) is 8.42 Å². The highest BCUT2D eigenvalue weighted by atomic mass is 79.9. The molecule has 0 aromatic heterocycles. The van der Waals surface area contributed by atoms with Gasteiger partial charge >= 0.3 is 0 Å². The lowest BCUT2D eigenvalue weighted by Crippen LogP contribution is -2.38. The standard InChI is InChI=1S/C16H19BrN2O4S2/c1-9-4-11(17)5-10(2)15(9)19-12-7-25(21,22)8-13(12)24-16(19)18-14(20)6-23-3/h4-5,12-13H,6-8H2,1-3H3/t12-,13-/m1/s1. The highest BCUT2D eigenvalue weighted by Crippen LogP contribution is 2.43. The summed E-state index contributed by atoms with van der Waals surface area (Å²) in [4.78, 5) is 18.1. The number of methoxy groups -OCH3 is 1. The molecule has 2 heterocycles. The van der Waals surface area contributed by atoms with Gasteiger partial charge in [-0.05, 0) is 37.1 Å². The van der Waals surface area contributed by atoms with E-state index in [2.05, 4.69) is 20.9 Å². The molecule has 3 rings (SSSR count). The van der Waals surface area contributed by atoms with Crippen molar-refractivity contribution in [2.24, 2.45) is 4.99 Å². The van der Waals surface area contributed by atoms with E-state index in [4.69, 9.17) is 4.74 Å². The van der Waals surface area contributed by atoms with E-state index in [0.717, 1.165) is 21.3 Å². The number of nitrogens with zero attached hydrogens (tertiary/aromatic N) is 2. The smallest absolute Gasteiger partial charge is 0.274 e. The molecule has 0 unspecified atom stereocenters. The molecule has 136 valence electrons. The molecule has 0 spiro atoms. The molecular weight excluding hydrogens is 428 g/mol. The highest BCUT2D eigenvalue weighted by Gasteiger charge is 2.50. The molecule has 0 radical (unpaired) electrons. The van der Waals surface area contributed by atoms with Crippen molar-refractivity contribution in [2.45, 2.75) is 25.1 Å². The van der Waals surface area contributed by atoms with Gasteiger partial charge in [-0.2, -0.15) is 4.99 Å². The predicted molar refractivity (Wildman–Crippen MR) is 104 cm³/mol. The Bertz CT molecular complexity index is 831. The lowest BCUT2D eigenvalue weighted by atomic mass is 10.1. The van der Waals surface area contributed by atoms with Crippen LogP contribution in [0, 0.1) is 13.8 Å². The van der Waals surface area contributed by atoms with Crippen LogP contribution in [0.25, 0.3) is 0 Å². The third-order valence-electron chi connectivity index (χ3n) is 4.25. The van der Waals surface area contributed by atoms with Gasteiger partial charge in [0, 0.05) is 22.5 Å². The number of anilines is 1. The highest BCUT2D eigenvalue weighted by molar-refractivity contribution is 9.10. The van der Waals surface area contributed by atoms with Crippen LogP contribution in [0.5, 0.6) is 0 Å². The summed E-state index contributed by atoms with van der Waals surface area (Å²) in [6.45, 7) is 3.86. The lowest BCUT2D eigenvalue weighted by molar-refractivity contribution is -0.121. The molecule has 0 bridgehead atoms. The Morgan fingerprint density at radius 1 is 1.36 bits per heavy atom. The summed E-state index contributed by atoms with van der Waals surface area (Å²) >= 11 is 4.86. The maximum Gasteiger partial charge on any atom is 0.274 e. The number of rotatable bonds is 3. The number of aryl methyl sites for hydroxylation is 2.